The molecule has 0 amide bonds. The molecule has 1 aromatic carbocycles. The van der Waals surface area contributed by atoms with Gasteiger partial charge in [-0.3, -0.25) is 4.79 Å². The van der Waals surface area contributed by atoms with Crippen LogP contribution in [0.5, 0.6) is 5.75 Å². The Morgan fingerprint density at radius 2 is 2.26 bits per heavy atom. The molecule has 0 saturated heterocycles. The van der Waals surface area contributed by atoms with Crippen LogP contribution in [0.25, 0.3) is 0 Å². The minimum atomic E-state index is -0.751. The second-order valence-electron chi connectivity index (χ2n) is 5.30. The van der Waals surface area contributed by atoms with Gasteiger partial charge in [0.15, 0.2) is 0 Å². The summed E-state index contributed by atoms with van der Waals surface area (Å²) in [5, 5.41) is 9.39. The van der Waals surface area contributed by atoms with Gasteiger partial charge in [0.25, 0.3) is 0 Å². The van der Waals surface area contributed by atoms with Crippen molar-refractivity contribution in [3.05, 3.63) is 29.3 Å². The molecule has 1 atom stereocenters. The molecular formula is C15H21NO3. The summed E-state index contributed by atoms with van der Waals surface area (Å²) in [6.07, 6.45) is 2.61. The maximum absolute atomic E-state index is 11.4. The van der Waals surface area contributed by atoms with Gasteiger partial charge in [0.05, 0.1) is 12.5 Å². The highest BCUT2D eigenvalue weighted by Gasteiger charge is 2.21. The maximum Gasteiger partial charge on any atom is 0.311 e. The summed E-state index contributed by atoms with van der Waals surface area (Å²) in [4.78, 5) is 13.4. The summed E-state index contributed by atoms with van der Waals surface area (Å²) in [6, 6.07) is 5.80. The van der Waals surface area contributed by atoms with Gasteiger partial charge in [0.2, 0.25) is 0 Å². The summed E-state index contributed by atoms with van der Waals surface area (Å²) < 4.78 is 5.56. The number of carbonyl (C=O) groups is 1. The first-order valence-corrected chi connectivity index (χ1v) is 6.71. The number of carboxylic acids is 1. The topological polar surface area (TPSA) is 49.8 Å². The van der Waals surface area contributed by atoms with Gasteiger partial charge in [0, 0.05) is 0 Å². The quantitative estimate of drug-likeness (QED) is 0.884. The highest BCUT2D eigenvalue weighted by atomic mass is 16.5. The molecule has 1 aromatic rings. The first kappa shape index (κ1) is 13.9. The SMILES string of the molecule is CN(C)CCC(C(=O)O)c1ccc2c(c1)CCCO2. The number of aliphatic carboxylic acids is 1. The third-order valence-corrected chi connectivity index (χ3v) is 3.50. The van der Waals surface area contributed by atoms with Gasteiger partial charge in [-0.25, -0.2) is 0 Å². The Bertz CT molecular complexity index is 457. The first-order valence-electron chi connectivity index (χ1n) is 6.71. The Morgan fingerprint density at radius 1 is 1.47 bits per heavy atom. The molecule has 4 heteroatoms. The van der Waals surface area contributed by atoms with E-state index in [-0.39, 0.29) is 0 Å². The Hall–Kier alpha value is -1.55. The molecule has 104 valence electrons. The lowest BCUT2D eigenvalue weighted by molar-refractivity contribution is -0.139. The van der Waals surface area contributed by atoms with Crippen molar-refractivity contribution in [2.45, 2.75) is 25.2 Å². The number of carboxylic acid groups (broad SMARTS) is 1. The molecular weight excluding hydrogens is 242 g/mol. The van der Waals surface area contributed by atoms with E-state index in [4.69, 9.17) is 4.74 Å². The Kier molecular flexibility index (Phi) is 4.43. The highest BCUT2D eigenvalue weighted by molar-refractivity contribution is 5.76. The normalized spacial score (nSPS) is 15.7. The molecule has 19 heavy (non-hydrogen) atoms. The molecule has 0 saturated carbocycles. The van der Waals surface area contributed by atoms with E-state index in [9.17, 15) is 9.90 Å². The number of hydrogen-bond acceptors (Lipinski definition) is 3. The van der Waals surface area contributed by atoms with Crippen molar-refractivity contribution in [3.8, 4) is 5.75 Å². The number of aryl methyl sites for hydroxylation is 1. The highest BCUT2D eigenvalue weighted by Crippen LogP contribution is 2.29. The van der Waals surface area contributed by atoms with Crippen LogP contribution in [-0.4, -0.2) is 43.2 Å². The maximum atomic E-state index is 11.4. The molecule has 0 aliphatic carbocycles. The predicted octanol–water partition coefficient (Wildman–Crippen LogP) is 2.13. The molecule has 1 aliphatic heterocycles. The van der Waals surface area contributed by atoms with Crippen LogP contribution in [-0.2, 0) is 11.2 Å². The fourth-order valence-electron chi connectivity index (χ4n) is 2.42. The number of hydrogen-bond donors (Lipinski definition) is 1. The van der Waals surface area contributed by atoms with Gasteiger partial charge in [-0.2, -0.15) is 0 Å². The van der Waals surface area contributed by atoms with Gasteiger partial charge >= 0.3 is 5.97 Å². The summed E-state index contributed by atoms with van der Waals surface area (Å²) >= 11 is 0. The summed E-state index contributed by atoms with van der Waals surface area (Å²) in [6.45, 7) is 1.53. The van der Waals surface area contributed by atoms with E-state index < -0.39 is 11.9 Å². The molecule has 2 rings (SSSR count). The zero-order chi connectivity index (χ0) is 13.8. The van der Waals surface area contributed by atoms with Crippen LogP contribution in [0.2, 0.25) is 0 Å². The van der Waals surface area contributed by atoms with Crippen LogP contribution in [0.3, 0.4) is 0 Å². The van der Waals surface area contributed by atoms with Gasteiger partial charge < -0.3 is 14.7 Å². The van der Waals surface area contributed by atoms with Crippen LogP contribution in [0.4, 0.5) is 0 Å². The van der Waals surface area contributed by atoms with E-state index >= 15 is 0 Å². The van der Waals surface area contributed by atoms with Crippen molar-refractivity contribution in [1.29, 1.82) is 0 Å². The largest absolute Gasteiger partial charge is 0.493 e. The Labute approximate surface area is 114 Å². The predicted molar refractivity (Wildman–Crippen MR) is 73.8 cm³/mol. The zero-order valence-corrected chi connectivity index (χ0v) is 11.6. The van der Waals surface area contributed by atoms with Crippen molar-refractivity contribution in [1.82, 2.24) is 4.90 Å². The van der Waals surface area contributed by atoms with Crippen LogP contribution >= 0.6 is 0 Å². The van der Waals surface area contributed by atoms with Crippen LogP contribution in [0.1, 0.15) is 29.9 Å². The minimum Gasteiger partial charge on any atom is -0.493 e. The average molecular weight is 263 g/mol. The van der Waals surface area contributed by atoms with Crippen molar-refractivity contribution < 1.29 is 14.6 Å². The molecule has 1 heterocycles. The summed E-state index contributed by atoms with van der Waals surface area (Å²) in [5.74, 6) is -0.278. The fraction of sp³-hybridized carbons (Fsp3) is 0.533. The van der Waals surface area contributed by atoms with Gasteiger partial charge in [-0.15, -0.1) is 0 Å². The molecule has 0 aromatic heterocycles. The molecule has 0 fully saturated rings. The van der Waals surface area contributed by atoms with E-state index in [2.05, 4.69) is 0 Å². The minimum absolute atomic E-state index is 0.436. The molecule has 4 nitrogen and oxygen atoms in total. The van der Waals surface area contributed by atoms with Gasteiger partial charge in [-0.1, -0.05) is 12.1 Å². The lowest BCUT2D eigenvalue weighted by atomic mass is 9.92. The Balaban J connectivity index is 2.19. The smallest absolute Gasteiger partial charge is 0.311 e. The number of benzene rings is 1. The molecule has 1 N–H and O–H groups in total. The first-order chi connectivity index (χ1) is 9.08. The molecule has 0 bridgehead atoms. The summed E-state index contributed by atoms with van der Waals surface area (Å²) in [7, 11) is 3.92. The van der Waals surface area contributed by atoms with E-state index in [1.165, 1.54) is 0 Å². The number of rotatable bonds is 5. The average Bonchev–Trinajstić information content (AvgIpc) is 2.38. The van der Waals surface area contributed by atoms with E-state index in [1.807, 2.05) is 37.2 Å². The zero-order valence-electron chi connectivity index (χ0n) is 11.6. The molecule has 1 unspecified atom stereocenters. The van der Waals surface area contributed by atoms with Crippen molar-refractivity contribution in [2.24, 2.45) is 0 Å². The van der Waals surface area contributed by atoms with Crippen molar-refractivity contribution in [3.63, 3.8) is 0 Å². The summed E-state index contributed by atoms with van der Waals surface area (Å²) in [5.41, 5.74) is 2.03. The van der Waals surface area contributed by atoms with Crippen LogP contribution in [0, 0.1) is 0 Å². The van der Waals surface area contributed by atoms with Crippen molar-refractivity contribution in [2.75, 3.05) is 27.2 Å². The van der Waals surface area contributed by atoms with Crippen LogP contribution in [0.15, 0.2) is 18.2 Å². The van der Waals surface area contributed by atoms with Crippen LogP contribution < -0.4 is 4.74 Å². The van der Waals surface area contributed by atoms with E-state index in [0.29, 0.717) is 6.42 Å². The monoisotopic (exact) mass is 263 g/mol. The molecule has 0 radical (unpaired) electrons. The second kappa shape index (κ2) is 6.06. The second-order valence-corrected chi connectivity index (χ2v) is 5.30. The fourth-order valence-corrected chi connectivity index (χ4v) is 2.42. The van der Waals surface area contributed by atoms with E-state index in [0.717, 1.165) is 42.9 Å². The van der Waals surface area contributed by atoms with Gasteiger partial charge in [0.1, 0.15) is 5.75 Å². The molecule has 0 spiro atoms. The number of ether oxygens (including phenoxy) is 1. The van der Waals surface area contributed by atoms with Crippen molar-refractivity contribution >= 4 is 5.97 Å². The number of nitrogens with zero attached hydrogens (tertiary/aromatic N) is 1. The van der Waals surface area contributed by atoms with Gasteiger partial charge in [-0.05, 0) is 57.1 Å². The standard InChI is InChI=1S/C15H21NO3/c1-16(2)8-7-13(15(17)18)11-5-6-14-12(10-11)4-3-9-19-14/h5-6,10,13H,3-4,7-9H2,1-2H3,(H,17,18). The number of fused-ring (bicyclic) bond motifs is 1. The third-order valence-electron chi connectivity index (χ3n) is 3.50. The third kappa shape index (κ3) is 3.47. The Morgan fingerprint density at radius 3 is 2.95 bits per heavy atom. The lowest BCUT2D eigenvalue weighted by Crippen LogP contribution is -2.20. The molecule has 1 aliphatic rings. The lowest BCUT2D eigenvalue weighted by Gasteiger charge is -2.21. The van der Waals surface area contributed by atoms with E-state index in [1.54, 1.807) is 0 Å².